The summed E-state index contributed by atoms with van der Waals surface area (Å²) in [4.78, 5) is 4.12. The van der Waals surface area contributed by atoms with Gasteiger partial charge in [0.25, 0.3) is 0 Å². The van der Waals surface area contributed by atoms with Gasteiger partial charge in [0.15, 0.2) is 6.61 Å². The second-order valence-corrected chi connectivity index (χ2v) is 4.03. The van der Waals surface area contributed by atoms with Crippen molar-refractivity contribution in [3.8, 4) is 17.7 Å². The highest BCUT2D eigenvalue weighted by Gasteiger charge is 1.98. The van der Waals surface area contributed by atoms with E-state index in [1.807, 2.05) is 36.4 Å². The van der Waals surface area contributed by atoms with E-state index in [-0.39, 0.29) is 6.61 Å². The molecule has 0 spiro atoms. The normalized spacial score (nSPS) is 9.60. The minimum atomic E-state index is 0.0646. The average molecular weight is 269 g/mol. The molecule has 1 aromatic heterocycles. The van der Waals surface area contributed by atoms with Crippen molar-refractivity contribution in [2.45, 2.75) is 6.54 Å². The van der Waals surface area contributed by atoms with Crippen LogP contribution in [0.25, 0.3) is 0 Å². The van der Waals surface area contributed by atoms with Crippen LogP contribution in [0, 0.1) is 11.3 Å². The lowest BCUT2D eigenvalue weighted by Gasteiger charge is -2.08. The fourth-order valence-electron chi connectivity index (χ4n) is 1.63. The van der Waals surface area contributed by atoms with Crippen LogP contribution in [0.2, 0.25) is 0 Å². The molecular formula is C15H15N3O2. The second kappa shape index (κ2) is 7.00. The lowest BCUT2D eigenvalue weighted by molar-refractivity contribution is 0.368. The topological polar surface area (TPSA) is 67.2 Å². The van der Waals surface area contributed by atoms with Crippen LogP contribution in [0.3, 0.4) is 0 Å². The number of nitrogens with zero attached hydrogens (tertiary/aromatic N) is 2. The third-order valence-electron chi connectivity index (χ3n) is 2.67. The number of benzene rings is 1. The van der Waals surface area contributed by atoms with Crippen LogP contribution >= 0.6 is 0 Å². The second-order valence-electron chi connectivity index (χ2n) is 4.03. The number of nitriles is 1. The molecule has 0 bridgehead atoms. The van der Waals surface area contributed by atoms with Crippen molar-refractivity contribution in [3.05, 3.63) is 48.2 Å². The molecule has 0 fully saturated rings. The molecular weight excluding hydrogens is 254 g/mol. The van der Waals surface area contributed by atoms with Gasteiger partial charge < -0.3 is 14.8 Å². The van der Waals surface area contributed by atoms with Crippen LogP contribution in [-0.2, 0) is 6.54 Å². The maximum absolute atomic E-state index is 8.43. The molecule has 1 N–H and O–H groups in total. The maximum Gasteiger partial charge on any atom is 0.213 e. The number of aromatic nitrogens is 1. The van der Waals surface area contributed by atoms with E-state index < -0.39 is 0 Å². The van der Waals surface area contributed by atoms with Gasteiger partial charge in [0.05, 0.1) is 19.0 Å². The smallest absolute Gasteiger partial charge is 0.213 e. The van der Waals surface area contributed by atoms with E-state index in [1.165, 1.54) is 0 Å². The molecule has 0 saturated carbocycles. The first-order valence-corrected chi connectivity index (χ1v) is 6.14. The number of hydrogen-bond donors (Lipinski definition) is 1. The molecule has 2 rings (SSSR count). The zero-order valence-electron chi connectivity index (χ0n) is 11.2. The van der Waals surface area contributed by atoms with Gasteiger partial charge in [-0.3, -0.25) is 0 Å². The molecule has 0 saturated heterocycles. The summed E-state index contributed by atoms with van der Waals surface area (Å²) < 4.78 is 10.2. The number of nitrogens with one attached hydrogen (secondary N) is 1. The quantitative estimate of drug-likeness (QED) is 0.873. The monoisotopic (exact) mass is 269 g/mol. The molecule has 0 unspecified atom stereocenters. The Morgan fingerprint density at radius 1 is 1.20 bits per heavy atom. The van der Waals surface area contributed by atoms with Gasteiger partial charge in [-0.25, -0.2) is 4.98 Å². The predicted octanol–water partition coefficient (Wildman–Crippen LogP) is 2.60. The highest BCUT2D eigenvalue weighted by molar-refractivity contribution is 5.43. The Bertz CT molecular complexity index is 574. The summed E-state index contributed by atoms with van der Waals surface area (Å²) >= 11 is 0. The molecule has 0 aliphatic rings. The van der Waals surface area contributed by atoms with E-state index in [2.05, 4.69) is 10.3 Å². The lowest BCUT2D eigenvalue weighted by Crippen LogP contribution is -2.00. The summed E-state index contributed by atoms with van der Waals surface area (Å²) in [6, 6.07) is 13.3. The van der Waals surface area contributed by atoms with Crippen molar-refractivity contribution in [3.63, 3.8) is 0 Å². The van der Waals surface area contributed by atoms with Crippen LogP contribution in [-0.4, -0.2) is 18.7 Å². The minimum Gasteiger partial charge on any atom is -0.481 e. The van der Waals surface area contributed by atoms with Gasteiger partial charge in [-0.05, 0) is 23.8 Å². The average Bonchev–Trinajstić information content (AvgIpc) is 2.52. The zero-order valence-corrected chi connectivity index (χ0v) is 11.2. The third kappa shape index (κ3) is 3.89. The summed E-state index contributed by atoms with van der Waals surface area (Å²) in [5, 5.41) is 11.7. The first-order chi connectivity index (χ1) is 9.81. The summed E-state index contributed by atoms with van der Waals surface area (Å²) in [7, 11) is 1.59. The molecule has 0 aliphatic carbocycles. The van der Waals surface area contributed by atoms with E-state index in [0.717, 1.165) is 11.3 Å². The Labute approximate surface area is 117 Å². The van der Waals surface area contributed by atoms with Crippen LogP contribution in [0.15, 0.2) is 42.6 Å². The van der Waals surface area contributed by atoms with Crippen molar-refractivity contribution in [2.75, 3.05) is 19.0 Å². The highest BCUT2D eigenvalue weighted by atomic mass is 16.5. The number of anilines is 1. The Morgan fingerprint density at radius 2 is 2.00 bits per heavy atom. The van der Waals surface area contributed by atoms with Crippen molar-refractivity contribution in [1.29, 1.82) is 5.26 Å². The molecule has 5 nitrogen and oxygen atoms in total. The van der Waals surface area contributed by atoms with E-state index in [1.54, 1.807) is 19.4 Å². The Hall–Kier alpha value is -2.74. The largest absolute Gasteiger partial charge is 0.481 e. The molecule has 5 heteroatoms. The summed E-state index contributed by atoms with van der Waals surface area (Å²) in [6.07, 6.45) is 1.73. The summed E-state index contributed by atoms with van der Waals surface area (Å²) in [5.41, 5.74) is 2.04. The molecule has 0 atom stereocenters. The van der Waals surface area contributed by atoms with Gasteiger partial charge in [0, 0.05) is 12.6 Å². The van der Waals surface area contributed by atoms with E-state index >= 15 is 0 Å². The van der Waals surface area contributed by atoms with Crippen molar-refractivity contribution >= 4 is 5.69 Å². The molecule has 2 aromatic rings. The van der Waals surface area contributed by atoms with E-state index in [0.29, 0.717) is 18.2 Å². The van der Waals surface area contributed by atoms with Crippen LogP contribution in [0.1, 0.15) is 5.56 Å². The SMILES string of the molecule is COc1ccc(NCc2ccc(OCC#N)cc2)cn1. The number of ether oxygens (including phenoxy) is 2. The molecule has 0 radical (unpaired) electrons. The maximum atomic E-state index is 8.43. The van der Waals surface area contributed by atoms with Gasteiger partial charge in [-0.15, -0.1) is 0 Å². The van der Waals surface area contributed by atoms with Crippen LogP contribution in [0.4, 0.5) is 5.69 Å². The first-order valence-electron chi connectivity index (χ1n) is 6.14. The number of pyridine rings is 1. The molecule has 102 valence electrons. The van der Waals surface area contributed by atoms with Crippen molar-refractivity contribution < 1.29 is 9.47 Å². The molecule has 0 amide bonds. The Kier molecular flexibility index (Phi) is 4.79. The number of hydrogen-bond acceptors (Lipinski definition) is 5. The minimum absolute atomic E-state index is 0.0646. The highest BCUT2D eigenvalue weighted by Crippen LogP contribution is 2.15. The van der Waals surface area contributed by atoms with Crippen molar-refractivity contribution in [1.82, 2.24) is 4.98 Å². The summed E-state index contributed by atoms with van der Waals surface area (Å²) in [6.45, 7) is 0.752. The summed E-state index contributed by atoms with van der Waals surface area (Å²) in [5.74, 6) is 1.29. The van der Waals surface area contributed by atoms with Crippen LogP contribution < -0.4 is 14.8 Å². The van der Waals surface area contributed by atoms with Gasteiger partial charge in [0.1, 0.15) is 11.8 Å². The predicted molar refractivity (Wildman–Crippen MR) is 75.7 cm³/mol. The zero-order chi connectivity index (χ0) is 14.2. The fourth-order valence-corrected chi connectivity index (χ4v) is 1.63. The standard InChI is InChI=1S/C15H15N3O2/c1-19-15-7-4-13(11-18-15)17-10-12-2-5-14(6-3-12)20-9-8-16/h2-7,11,17H,9-10H2,1H3. The Balaban J connectivity index is 1.88. The van der Waals surface area contributed by atoms with E-state index in [4.69, 9.17) is 14.7 Å². The third-order valence-corrected chi connectivity index (χ3v) is 2.67. The fraction of sp³-hybridized carbons (Fsp3) is 0.200. The molecule has 20 heavy (non-hydrogen) atoms. The van der Waals surface area contributed by atoms with Crippen molar-refractivity contribution in [2.24, 2.45) is 0 Å². The van der Waals surface area contributed by atoms with Gasteiger partial charge in [0.2, 0.25) is 5.88 Å². The van der Waals surface area contributed by atoms with Gasteiger partial charge in [-0.2, -0.15) is 5.26 Å². The number of methoxy groups -OCH3 is 1. The molecule has 0 aliphatic heterocycles. The van der Waals surface area contributed by atoms with E-state index in [9.17, 15) is 0 Å². The first kappa shape index (κ1) is 13.7. The lowest BCUT2D eigenvalue weighted by atomic mass is 10.2. The Morgan fingerprint density at radius 3 is 2.60 bits per heavy atom. The number of rotatable bonds is 6. The van der Waals surface area contributed by atoms with Crippen LogP contribution in [0.5, 0.6) is 11.6 Å². The molecule has 1 aromatic carbocycles. The van der Waals surface area contributed by atoms with Gasteiger partial charge >= 0.3 is 0 Å². The molecule has 1 heterocycles. The van der Waals surface area contributed by atoms with Gasteiger partial charge in [-0.1, -0.05) is 12.1 Å².